The molecule has 7 heteroatoms. The molecule has 0 amide bonds. The average molecular weight is 305 g/mol. The van der Waals surface area contributed by atoms with Crippen molar-refractivity contribution in [2.45, 2.75) is 12.4 Å². The van der Waals surface area contributed by atoms with Gasteiger partial charge < -0.3 is 9.30 Å². The van der Waals surface area contributed by atoms with Gasteiger partial charge in [-0.25, -0.2) is 9.37 Å². The predicted molar refractivity (Wildman–Crippen MR) is 74.7 cm³/mol. The lowest BCUT2D eigenvalue weighted by molar-refractivity contribution is 0.387. The van der Waals surface area contributed by atoms with Gasteiger partial charge in [0.2, 0.25) is 0 Å². The van der Waals surface area contributed by atoms with Crippen molar-refractivity contribution in [1.82, 2.24) is 9.55 Å². The molecular formula is C12H14ClFN2O2S. The van der Waals surface area contributed by atoms with Crippen LogP contribution in [0.2, 0.25) is 0 Å². The number of hydrogen-bond acceptors (Lipinski definition) is 3. The molecule has 0 N–H and O–H groups in total. The first-order valence-electron chi connectivity index (χ1n) is 5.65. The van der Waals surface area contributed by atoms with E-state index in [0.717, 1.165) is 5.52 Å². The van der Waals surface area contributed by atoms with E-state index in [4.69, 9.17) is 16.3 Å². The number of imidazole rings is 1. The monoisotopic (exact) mass is 304 g/mol. The third kappa shape index (κ3) is 2.90. The number of aromatic nitrogens is 2. The van der Waals surface area contributed by atoms with E-state index in [2.05, 4.69) is 4.98 Å². The summed E-state index contributed by atoms with van der Waals surface area (Å²) in [5.41, 5.74) is 1.26. The fourth-order valence-corrected chi connectivity index (χ4v) is 2.55. The highest BCUT2D eigenvalue weighted by Crippen LogP contribution is 2.26. The number of nitrogens with zero attached hydrogens (tertiary/aromatic N) is 2. The van der Waals surface area contributed by atoms with Gasteiger partial charge in [-0.15, -0.1) is 11.6 Å². The Labute approximate surface area is 118 Å². The molecule has 0 bridgehead atoms. The molecule has 1 atom stereocenters. The number of aryl methyl sites for hydroxylation is 1. The molecule has 0 saturated heterocycles. The van der Waals surface area contributed by atoms with Crippen LogP contribution in [0.1, 0.15) is 5.82 Å². The van der Waals surface area contributed by atoms with Crippen molar-refractivity contribution in [1.29, 1.82) is 0 Å². The van der Waals surface area contributed by atoms with Crippen LogP contribution in [-0.2, 0) is 23.2 Å². The third-order valence-electron chi connectivity index (χ3n) is 2.82. The lowest BCUT2D eigenvalue weighted by atomic mass is 10.3. The zero-order valence-corrected chi connectivity index (χ0v) is 12.2. The van der Waals surface area contributed by atoms with Crippen LogP contribution in [0, 0.1) is 5.82 Å². The maximum Gasteiger partial charge on any atom is 0.167 e. The van der Waals surface area contributed by atoms with Gasteiger partial charge >= 0.3 is 0 Å². The second kappa shape index (κ2) is 5.88. The van der Waals surface area contributed by atoms with E-state index in [1.807, 2.05) is 4.57 Å². The Kier molecular flexibility index (Phi) is 4.42. The molecule has 2 aromatic rings. The van der Waals surface area contributed by atoms with E-state index in [9.17, 15) is 8.60 Å². The number of fused-ring (bicyclic) bond motifs is 1. The van der Waals surface area contributed by atoms with E-state index >= 15 is 0 Å². The molecule has 1 aromatic carbocycles. The third-order valence-corrected chi connectivity index (χ3v) is 3.82. The Morgan fingerprint density at radius 2 is 2.26 bits per heavy atom. The lowest BCUT2D eigenvalue weighted by Crippen LogP contribution is -2.09. The average Bonchev–Trinajstić information content (AvgIpc) is 2.71. The second-order valence-electron chi connectivity index (χ2n) is 4.07. The SMILES string of the molecule is COc1cc2c(cc1F)nc(CCl)n2CCS(C)=O. The normalized spacial score (nSPS) is 12.8. The quantitative estimate of drug-likeness (QED) is 0.796. The second-order valence-corrected chi connectivity index (χ2v) is 5.89. The molecule has 0 radical (unpaired) electrons. The van der Waals surface area contributed by atoms with Crippen molar-refractivity contribution in [2.24, 2.45) is 0 Å². The Morgan fingerprint density at radius 1 is 1.53 bits per heavy atom. The summed E-state index contributed by atoms with van der Waals surface area (Å²) in [6.45, 7) is 0.524. The molecule has 2 rings (SSSR count). The first kappa shape index (κ1) is 14.3. The first-order valence-corrected chi connectivity index (χ1v) is 7.91. The van der Waals surface area contributed by atoms with Gasteiger partial charge in [0, 0.05) is 41.5 Å². The molecule has 104 valence electrons. The number of hydrogen-bond donors (Lipinski definition) is 0. The maximum atomic E-state index is 13.6. The topological polar surface area (TPSA) is 44.1 Å². The van der Waals surface area contributed by atoms with Crippen molar-refractivity contribution >= 4 is 33.4 Å². The Balaban J connectivity index is 2.54. The maximum absolute atomic E-state index is 13.6. The van der Waals surface area contributed by atoms with E-state index < -0.39 is 16.6 Å². The molecule has 0 aliphatic heterocycles. The highest BCUT2D eigenvalue weighted by Gasteiger charge is 2.14. The van der Waals surface area contributed by atoms with Crippen LogP contribution in [0.25, 0.3) is 11.0 Å². The van der Waals surface area contributed by atoms with Gasteiger partial charge in [0.1, 0.15) is 5.82 Å². The molecule has 0 aliphatic rings. The van der Waals surface area contributed by atoms with E-state index in [-0.39, 0.29) is 11.6 Å². The van der Waals surface area contributed by atoms with Crippen LogP contribution in [0.3, 0.4) is 0 Å². The number of benzene rings is 1. The predicted octanol–water partition coefficient (Wildman–Crippen LogP) is 2.30. The summed E-state index contributed by atoms with van der Waals surface area (Å²) in [6.07, 6.45) is 1.64. The summed E-state index contributed by atoms with van der Waals surface area (Å²) in [5, 5.41) is 0. The minimum atomic E-state index is -0.912. The highest BCUT2D eigenvalue weighted by molar-refractivity contribution is 7.84. The van der Waals surface area contributed by atoms with Gasteiger partial charge in [0.25, 0.3) is 0 Å². The number of methoxy groups -OCH3 is 1. The smallest absolute Gasteiger partial charge is 0.167 e. The van der Waals surface area contributed by atoms with Gasteiger partial charge in [-0.3, -0.25) is 4.21 Å². The standard InChI is InChI=1S/C12H14ClFN2O2S/c1-18-11-6-10-9(5-8(11)14)15-12(7-13)16(10)3-4-19(2)17/h5-6H,3-4,7H2,1-2H3. The van der Waals surface area contributed by atoms with Crippen LogP contribution in [0.4, 0.5) is 4.39 Å². The number of ether oxygens (including phenoxy) is 1. The zero-order chi connectivity index (χ0) is 14.0. The van der Waals surface area contributed by atoms with Crippen molar-refractivity contribution in [2.75, 3.05) is 19.1 Å². The van der Waals surface area contributed by atoms with Gasteiger partial charge in [-0.1, -0.05) is 0 Å². The van der Waals surface area contributed by atoms with Crippen LogP contribution >= 0.6 is 11.6 Å². The molecular weight excluding hydrogens is 291 g/mol. The largest absolute Gasteiger partial charge is 0.494 e. The molecule has 0 fully saturated rings. The summed E-state index contributed by atoms with van der Waals surface area (Å²) in [5.74, 6) is 1.05. The molecule has 0 aliphatic carbocycles. The fraction of sp³-hybridized carbons (Fsp3) is 0.417. The van der Waals surface area contributed by atoms with Crippen LogP contribution in [-0.4, -0.2) is 32.9 Å². The molecule has 1 heterocycles. The van der Waals surface area contributed by atoms with Gasteiger partial charge in [0.15, 0.2) is 11.6 Å². The van der Waals surface area contributed by atoms with Crippen LogP contribution in [0.5, 0.6) is 5.75 Å². The Bertz CT molecular complexity index is 630. The lowest BCUT2D eigenvalue weighted by Gasteiger charge is -2.07. The summed E-state index contributed by atoms with van der Waals surface area (Å²) in [4.78, 5) is 4.28. The van der Waals surface area contributed by atoms with Crippen molar-refractivity contribution < 1.29 is 13.3 Å². The Morgan fingerprint density at radius 3 is 2.84 bits per heavy atom. The molecule has 4 nitrogen and oxygen atoms in total. The minimum Gasteiger partial charge on any atom is -0.494 e. The van der Waals surface area contributed by atoms with Gasteiger partial charge in [-0.2, -0.15) is 0 Å². The first-order chi connectivity index (χ1) is 9.06. The molecule has 1 unspecified atom stereocenters. The Hall–Kier alpha value is -1.14. The van der Waals surface area contributed by atoms with Crippen LogP contribution < -0.4 is 4.74 Å². The van der Waals surface area contributed by atoms with Crippen molar-refractivity contribution in [3.63, 3.8) is 0 Å². The number of rotatable bonds is 5. The molecule has 0 spiro atoms. The van der Waals surface area contributed by atoms with E-state index in [1.54, 1.807) is 12.3 Å². The molecule has 19 heavy (non-hydrogen) atoms. The summed E-state index contributed by atoms with van der Waals surface area (Å²) in [6, 6.07) is 2.91. The summed E-state index contributed by atoms with van der Waals surface area (Å²) in [7, 11) is 0.499. The minimum absolute atomic E-state index is 0.160. The zero-order valence-electron chi connectivity index (χ0n) is 10.7. The van der Waals surface area contributed by atoms with E-state index in [0.29, 0.717) is 23.6 Å². The fourth-order valence-electron chi connectivity index (χ4n) is 1.90. The van der Waals surface area contributed by atoms with E-state index in [1.165, 1.54) is 13.2 Å². The van der Waals surface area contributed by atoms with Crippen molar-refractivity contribution in [3.05, 3.63) is 23.8 Å². The highest BCUT2D eigenvalue weighted by atomic mass is 35.5. The summed E-state index contributed by atoms with van der Waals surface area (Å²) >= 11 is 5.85. The number of alkyl halides is 1. The molecule has 1 aromatic heterocycles. The van der Waals surface area contributed by atoms with Crippen LogP contribution in [0.15, 0.2) is 12.1 Å². The number of halogens is 2. The molecule has 0 saturated carbocycles. The van der Waals surface area contributed by atoms with Gasteiger partial charge in [0.05, 0.1) is 24.0 Å². The summed E-state index contributed by atoms with van der Waals surface area (Å²) < 4.78 is 31.7. The van der Waals surface area contributed by atoms with Gasteiger partial charge in [-0.05, 0) is 0 Å². The van der Waals surface area contributed by atoms with Crippen molar-refractivity contribution in [3.8, 4) is 5.75 Å².